The maximum Gasteiger partial charge on any atom is 0.0544 e. The molecule has 0 bridgehead atoms. The van der Waals surface area contributed by atoms with Crippen molar-refractivity contribution in [1.82, 2.24) is 5.32 Å². The molecule has 0 amide bonds. The van der Waals surface area contributed by atoms with Gasteiger partial charge in [-0.25, -0.2) is 0 Å². The molecule has 1 aromatic carbocycles. The van der Waals surface area contributed by atoms with Gasteiger partial charge < -0.3 is 10.2 Å². The van der Waals surface area contributed by atoms with Crippen molar-refractivity contribution in [2.45, 2.75) is 36.1 Å². The number of halogens is 1. The van der Waals surface area contributed by atoms with Crippen molar-refractivity contribution in [2.75, 3.05) is 30.3 Å². The lowest BCUT2D eigenvalue weighted by atomic mass is 9.91. The molecule has 2 atom stereocenters. The Bertz CT molecular complexity index is 505. The Kier molecular flexibility index (Phi) is 3.28. The summed E-state index contributed by atoms with van der Waals surface area (Å²) in [5.41, 5.74) is 3.18. The number of benzene rings is 1. The van der Waals surface area contributed by atoms with Crippen LogP contribution in [0.2, 0.25) is 0 Å². The first-order valence-electron chi connectivity index (χ1n) is 7.28. The van der Waals surface area contributed by atoms with Gasteiger partial charge in [0.2, 0.25) is 0 Å². The van der Waals surface area contributed by atoms with Crippen LogP contribution in [0, 0.1) is 0 Å². The third-order valence-corrected chi connectivity index (χ3v) is 6.24. The summed E-state index contributed by atoms with van der Waals surface area (Å²) in [6, 6.07) is 5.44. The van der Waals surface area contributed by atoms with Crippen molar-refractivity contribution in [1.29, 1.82) is 0 Å². The Balaban J connectivity index is 1.87. The molecular weight excluding hydrogens is 320 g/mol. The predicted molar refractivity (Wildman–Crippen MR) is 85.5 cm³/mol. The number of nitrogens with zero attached hydrogens (tertiary/aromatic N) is 1. The van der Waals surface area contributed by atoms with Crippen LogP contribution in [-0.4, -0.2) is 31.4 Å². The first-order valence-corrected chi connectivity index (χ1v) is 9.06. The second-order valence-corrected chi connectivity index (χ2v) is 7.79. The van der Waals surface area contributed by atoms with E-state index in [1.807, 2.05) is 11.8 Å². The van der Waals surface area contributed by atoms with Crippen LogP contribution in [-0.2, 0) is 0 Å². The van der Waals surface area contributed by atoms with Crippen molar-refractivity contribution >= 4 is 33.4 Å². The monoisotopic (exact) mass is 338 g/mol. The summed E-state index contributed by atoms with van der Waals surface area (Å²) >= 11 is 5.76. The van der Waals surface area contributed by atoms with Crippen LogP contribution < -0.4 is 10.2 Å². The van der Waals surface area contributed by atoms with Gasteiger partial charge in [-0.15, -0.1) is 11.8 Å². The average molecular weight is 339 g/mol. The number of anilines is 1. The predicted octanol–water partition coefficient (Wildman–Crippen LogP) is 3.60. The molecule has 1 N–H and O–H groups in total. The van der Waals surface area contributed by atoms with Crippen LogP contribution in [0.3, 0.4) is 0 Å². The van der Waals surface area contributed by atoms with Gasteiger partial charge >= 0.3 is 0 Å². The highest BCUT2D eigenvalue weighted by molar-refractivity contribution is 9.10. The normalized spacial score (nSPS) is 29.4. The van der Waals surface area contributed by atoms with E-state index >= 15 is 0 Å². The summed E-state index contributed by atoms with van der Waals surface area (Å²) in [7, 11) is 0. The molecule has 1 aromatic rings. The minimum atomic E-state index is 0.733. The van der Waals surface area contributed by atoms with Gasteiger partial charge in [0, 0.05) is 27.9 Å². The summed E-state index contributed by atoms with van der Waals surface area (Å²) in [4.78, 5) is 4.23. The summed E-state index contributed by atoms with van der Waals surface area (Å²) in [5.74, 6) is 2.00. The molecule has 4 rings (SSSR count). The zero-order valence-electron chi connectivity index (χ0n) is 11.0. The summed E-state index contributed by atoms with van der Waals surface area (Å²) in [6.07, 6.45) is 3.89. The van der Waals surface area contributed by atoms with E-state index in [1.54, 1.807) is 11.3 Å². The molecule has 4 heteroatoms. The first-order chi connectivity index (χ1) is 9.34. The smallest absolute Gasteiger partial charge is 0.0544 e. The number of hydrogen-bond donors (Lipinski definition) is 1. The van der Waals surface area contributed by atoms with Crippen LogP contribution in [0.1, 0.15) is 30.7 Å². The highest BCUT2D eigenvalue weighted by Crippen LogP contribution is 2.51. The van der Waals surface area contributed by atoms with Crippen molar-refractivity contribution in [2.24, 2.45) is 0 Å². The van der Waals surface area contributed by atoms with Crippen molar-refractivity contribution in [3.8, 4) is 0 Å². The number of rotatable bonds is 0. The highest BCUT2D eigenvalue weighted by atomic mass is 79.9. The van der Waals surface area contributed by atoms with E-state index in [0.717, 1.165) is 12.0 Å². The Hall–Kier alpha value is -0.190. The molecule has 0 saturated carbocycles. The van der Waals surface area contributed by atoms with Crippen molar-refractivity contribution in [3.05, 3.63) is 22.2 Å². The topological polar surface area (TPSA) is 15.3 Å². The Morgan fingerprint density at radius 1 is 1.26 bits per heavy atom. The number of fused-ring (bicyclic) bond motifs is 3. The molecule has 3 aliphatic rings. The number of nitrogens with one attached hydrogen (secondary N) is 1. The standard InChI is InChI=1S/C15H19BrN2S/c16-10-8-12-11-2-4-17-5-3-13(11)18-6-1-7-19-14(9-10)15(12)18/h8-9,11,13,17H,1-7H2. The molecule has 0 radical (unpaired) electrons. The Labute approximate surface area is 127 Å². The average Bonchev–Trinajstić information content (AvgIpc) is 2.62. The second-order valence-electron chi connectivity index (χ2n) is 5.74. The van der Waals surface area contributed by atoms with E-state index in [9.17, 15) is 0 Å². The Morgan fingerprint density at radius 3 is 3.11 bits per heavy atom. The van der Waals surface area contributed by atoms with Crippen LogP contribution in [0.4, 0.5) is 5.69 Å². The fourth-order valence-electron chi connectivity index (χ4n) is 3.92. The van der Waals surface area contributed by atoms with Crippen LogP contribution >= 0.6 is 27.7 Å². The molecule has 1 fully saturated rings. The maximum absolute atomic E-state index is 3.71. The van der Waals surface area contributed by atoms with E-state index in [0.29, 0.717) is 0 Å². The minimum absolute atomic E-state index is 0.733. The molecule has 102 valence electrons. The summed E-state index contributed by atoms with van der Waals surface area (Å²) < 4.78 is 1.26. The van der Waals surface area contributed by atoms with Gasteiger partial charge in [-0.2, -0.15) is 0 Å². The number of hydrogen-bond acceptors (Lipinski definition) is 3. The largest absolute Gasteiger partial charge is 0.367 e. The van der Waals surface area contributed by atoms with Gasteiger partial charge in [0.25, 0.3) is 0 Å². The first kappa shape index (κ1) is 12.5. The maximum atomic E-state index is 3.71. The molecule has 3 heterocycles. The van der Waals surface area contributed by atoms with E-state index in [2.05, 4.69) is 38.3 Å². The van der Waals surface area contributed by atoms with Crippen LogP contribution in [0.15, 0.2) is 21.5 Å². The zero-order valence-corrected chi connectivity index (χ0v) is 13.4. The van der Waals surface area contributed by atoms with E-state index in [-0.39, 0.29) is 0 Å². The molecule has 0 aromatic heterocycles. The molecule has 0 spiro atoms. The third kappa shape index (κ3) is 2.03. The van der Waals surface area contributed by atoms with Crippen molar-refractivity contribution < 1.29 is 0 Å². The lowest BCUT2D eigenvalue weighted by molar-refractivity contribution is 0.509. The third-order valence-electron chi connectivity index (χ3n) is 4.67. The molecule has 19 heavy (non-hydrogen) atoms. The van der Waals surface area contributed by atoms with Gasteiger partial charge in [-0.3, -0.25) is 0 Å². The van der Waals surface area contributed by atoms with E-state index in [4.69, 9.17) is 0 Å². The SMILES string of the molecule is Brc1cc2c3c(c1)C1CCNCCC1N3CCCS2. The molecular formula is C15H19BrN2S. The fourth-order valence-corrected chi connectivity index (χ4v) is 5.62. The number of thioether (sulfide) groups is 1. The highest BCUT2D eigenvalue weighted by Gasteiger charge is 2.40. The van der Waals surface area contributed by atoms with Gasteiger partial charge in [-0.05, 0) is 55.8 Å². The molecule has 1 saturated heterocycles. The summed E-state index contributed by atoms with van der Waals surface area (Å²) in [5, 5.41) is 3.57. The van der Waals surface area contributed by atoms with Gasteiger partial charge in [-0.1, -0.05) is 15.9 Å². The molecule has 3 aliphatic heterocycles. The van der Waals surface area contributed by atoms with Crippen molar-refractivity contribution in [3.63, 3.8) is 0 Å². The minimum Gasteiger partial charge on any atom is -0.367 e. The van der Waals surface area contributed by atoms with E-state index in [1.165, 1.54) is 54.0 Å². The van der Waals surface area contributed by atoms with Crippen LogP contribution in [0.25, 0.3) is 0 Å². The second kappa shape index (κ2) is 4.97. The lowest BCUT2D eigenvalue weighted by Gasteiger charge is -2.28. The molecule has 0 aliphatic carbocycles. The molecule has 2 unspecified atom stereocenters. The van der Waals surface area contributed by atoms with Gasteiger partial charge in [0.15, 0.2) is 0 Å². The Morgan fingerprint density at radius 2 is 2.16 bits per heavy atom. The summed E-state index contributed by atoms with van der Waals surface area (Å²) in [6.45, 7) is 3.59. The fraction of sp³-hybridized carbons (Fsp3) is 0.600. The lowest BCUT2D eigenvalue weighted by Crippen LogP contribution is -2.35. The zero-order chi connectivity index (χ0) is 12.8. The van der Waals surface area contributed by atoms with Crippen LogP contribution in [0.5, 0.6) is 0 Å². The quantitative estimate of drug-likeness (QED) is 0.778. The van der Waals surface area contributed by atoms with Gasteiger partial charge in [0.1, 0.15) is 0 Å². The molecule has 2 nitrogen and oxygen atoms in total. The van der Waals surface area contributed by atoms with Gasteiger partial charge in [0.05, 0.1) is 5.69 Å². The van der Waals surface area contributed by atoms with E-state index < -0.39 is 0 Å².